The van der Waals surface area contributed by atoms with Crippen LogP contribution in [0.2, 0.25) is 0 Å². The molecule has 0 bridgehead atoms. The second kappa shape index (κ2) is 14.4. The fourth-order valence-electron chi connectivity index (χ4n) is 4.24. The number of amides is 2. The highest BCUT2D eigenvalue weighted by atomic mass is 19.2. The van der Waals surface area contributed by atoms with Crippen LogP contribution < -0.4 is 15.8 Å². The van der Waals surface area contributed by atoms with Crippen LogP contribution in [0.5, 0.6) is 5.88 Å². The van der Waals surface area contributed by atoms with Gasteiger partial charge in [-0.2, -0.15) is 0 Å². The Hall–Kier alpha value is -3.50. The molecule has 1 aromatic heterocycles. The zero-order valence-electron chi connectivity index (χ0n) is 22.3. The lowest BCUT2D eigenvalue weighted by molar-refractivity contribution is 0.160. The van der Waals surface area contributed by atoms with E-state index in [0.29, 0.717) is 30.8 Å². The third-order valence-corrected chi connectivity index (χ3v) is 6.36. The topological polar surface area (TPSA) is 94.6 Å². The van der Waals surface area contributed by atoms with Crippen LogP contribution in [0.3, 0.4) is 0 Å². The van der Waals surface area contributed by atoms with Crippen molar-refractivity contribution in [2.75, 3.05) is 45.3 Å². The third kappa shape index (κ3) is 8.00. The molecule has 3 N–H and O–H groups in total. The molecular weight excluding hydrogens is 492 g/mol. The second-order valence-corrected chi connectivity index (χ2v) is 9.17. The number of para-hydroxylation sites is 1. The average molecular weight is 530 g/mol. The van der Waals surface area contributed by atoms with E-state index in [1.54, 1.807) is 17.9 Å². The van der Waals surface area contributed by atoms with Crippen LogP contribution in [0.4, 0.5) is 19.4 Å². The molecule has 2 aromatic carbocycles. The number of hydrogen-bond donors (Lipinski definition) is 2. The van der Waals surface area contributed by atoms with Crippen LogP contribution in [0, 0.1) is 18.6 Å². The zero-order chi connectivity index (χ0) is 27.5. The van der Waals surface area contributed by atoms with E-state index in [1.807, 2.05) is 37.3 Å². The molecule has 1 aliphatic rings. The Morgan fingerprint density at radius 2 is 1.92 bits per heavy atom. The fourth-order valence-corrected chi connectivity index (χ4v) is 4.24. The molecule has 38 heavy (non-hydrogen) atoms. The quantitative estimate of drug-likeness (QED) is 0.350. The number of anilines is 1. The summed E-state index contributed by atoms with van der Waals surface area (Å²) >= 11 is 0. The standard InChI is InChI=1S/C15H20N4O2.C13H17F2NO/c1-3-4-10-21-14-11(2)13(17-15(16)20)19(18-14)12-8-6-5-7-9-12;1-17-7-6-16-5-4-11(9-16)10-2-3-12(14)13(15)8-10/h5-9H,3-4,10H2,1-2H3,(H3,16,17,20);2-3,8,11H,4-7,9H2,1H3. The normalized spacial score (nSPS) is 15.1. The number of nitrogens with two attached hydrogens (primary N) is 1. The Morgan fingerprint density at radius 3 is 2.58 bits per heavy atom. The summed E-state index contributed by atoms with van der Waals surface area (Å²) in [6, 6.07) is 13.1. The van der Waals surface area contributed by atoms with Crippen LogP contribution in [0.25, 0.3) is 5.69 Å². The van der Waals surface area contributed by atoms with Gasteiger partial charge in [-0.05, 0) is 62.1 Å². The summed E-state index contributed by atoms with van der Waals surface area (Å²) in [5, 5.41) is 7.04. The number of aromatic nitrogens is 2. The van der Waals surface area contributed by atoms with E-state index in [9.17, 15) is 13.6 Å². The summed E-state index contributed by atoms with van der Waals surface area (Å²) < 4.78 is 38.3. The van der Waals surface area contributed by atoms with Crippen molar-refractivity contribution in [1.29, 1.82) is 0 Å². The van der Waals surface area contributed by atoms with E-state index < -0.39 is 17.7 Å². The average Bonchev–Trinajstić information content (AvgIpc) is 3.50. The lowest BCUT2D eigenvalue weighted by atomic mass is 9.98. The number of rotatable bonds is 10. The number of carbonyl (C=O) groups excluding carboxylic acids is 1. The smallest absolute Gasteiger partial charge is 0.317 e. The number of halogens is 2. The highest BCUT2D eigenvalue weighted by molar-refractivity contribution is 5.88. The van der Waals surface area contributed by atoms with E-state index in [-0.39, 0.29) is 0 Å². The number of unbranched alkanes of at least 4 members (excludes halogenated alkanes) is 1. The van der Waals surface area contributed by atoms with E-state index in [4.69, 9.17) is 15.2 Å². The predicted molar refractivity (Wildman–Crippen MR) is 144 cm³/mol. The summed E-state index contributed by atoms with van der Waals surface area (Å²) in [7, 11) is 1.68. The maximum absolute atomic E-state index is 13.1. The number of methoxy groups -OCH3 is 1. The third-order valence-electron chi connectivity index (χ3n) is 6.36. The van der Waals surface area contributed by atoms with Crippen LogP contribution in [0.1, 0.15) is 43.2 Å². The summed E-state index contributed by atoms with van der Waals surface area (Å²) in [6.07, 6.45) is 3.00. The van der Waals surface area contributed by atoms with Gasteiger partial charge in [0.05, 0.1) is 24.5 Å². The van der Waals surface area contributed by atoms with Gasteiger partial charge in [0.25, 0.3) is 0 Å². The SMILES string of the molecule is CCCCOc1nn(-c2ccccc2)c(NC(N)=O)c1C.COCCN1CCC(c2ccc(F)c(F)c2)C1. The first-order valence-corrected chi connectivity index (χ1v) is 12.8. The Morgan fingerprint density at radius 1 is 1.16 bits per heavy atom. The summed E-state index contributed by atoms with van der Waals surface area (Å²) in [5.74, 6) is -0.181. The van der Waals surface area contributed by atoms with Crippen molar-refractivity contribution < 1.29 is 23.0 Å². The Bertz CT molecular complexity index is 1170. The van der Waals surface area contributed by atoms with Gasteiger partial charge in [-0.1, -0.05) is 37.6 Å². The summed E-state index contributed by atoms with van der Waals surface area (Å²) in [6.45, 7) is 8.04. The van der Waals surface area contributed by atoms with Gasteiger partial charge in [0.15, 0.2) is 11.6 Å². The molecule has 1 fully saturated rings. The molecule has 2 heterocycles. The van der Waals surface area contributed by atoms with E-state index in [2.05, 4.69) is 22.2 Å². The van der Waals surface area contributed by atoms with Crippen molar-refractivity contribution in [3.8, 4) is 11.6 Å². The van der Waals surface area contributed by atoms with Crippen molar-refractivity contribution in [3.05, 3.63) is 71.3 Å². The Kier molecular flexibility index (Phi) is 11.0. The molecule has 0 radical (unpaired) electrons. The van der Waals surface area contributed by atoms with Gasteiger partial charge in [0, 0.05) is 20.2 Å². The molecule has 1 aliphatic heterocycles. The van der Waals surface area contributed by atoms with Crippen molar-refractivity contribution in [3.63, 3.8) is 0 Å². The largest absolute Gasteiger partial charge is 0.476 e. The molecule has 1 atom stereocenters. The lowest BCUT2D eigenvalue weighted by Gasteiger charge is -2.15. The van der Waals surface area contributed by atoms with Gasteiger partial charge in [0.1, 0.15) is 5.82 Å². The van der Waals surface area contributed by atoms with E-state index in [0.717, 1.165) is 55.7 Å². The van der Waals surface area contributed by atoms with Crippen LogP contribution in [-0.4, -0.2) is 60.7 Å². The number of urea groups is 1. The summed E-state index contributed by atoms with van der Waals surface area (Å²) in [4.78, 5) is 13.5. The lowest BCUT2D eigenvalue weighted by Crippen LogP contribution is -2.24. The first-order chi connectivity index (χ1) is 18.3. The minimum absolute atomic E-state index is 0.307. The molecule has 4 rings (SSSR count). The Balaban J connectivity index is 0.000000215. The number of ether oxygens (including phenoxy) is 2. The number of hydrogen-bond acceptors (Lipinski definition) is 5. The van der Waals surface area contributed by atoms with Gasteiger partial charge in [-0.15, -0.1) is 5.10 Å². The number of nitrogens with one attached hydrogen (secondary N) is 1. The molecule has 2 amide bonds. The second-order valence-electron chi connectivity index (χ2n) is 9.17. The van der Waals surface area contributed by atoms with Crippen LogP contribution in [0.15, 0.2) is 48.5 Å². The fraction of sp³-hybridized carbons (Fsp3) is 0.429. The molecule has 8 nitrogen and oxygen atoms in total. The molecule has 0 saturated carbocycles. The van der Waals surface area contributed by atoms with Gasteiger partial charge in [-0.25, -0.2) is 18.3 Å². The first-order valence-electron chi connectivity index (χ1n) is 12.8. The number of nitrogens with zero attached hydrogens (tertiary/aromatic N) is 3. The summed E-state index contributed by atoms with van der Waals surface area (Å²) in [5.41, 5.74) is 7.72. The maximum Gasteiger partial charge on any atom is 0.317 e. The molecule has 1 unspecified atom stereocenters. The van der Waals surface area contributed by atoms with Crippen LogP contribution >= 0.6 is 0 Å². The van der Waals surface area contributed by atoms with E-state index >= 15 is 0 Å². The molecule has 0 spiro atoms. The number of likely N-dealkylation sites (tertiary alicyclic amines) is 1. The highest BCUT2D eigenvalue weighted by Gasteiger charge is 2.24. The number of primary amides is 1. The molecule has 3 aromatic rings. The van der Waals surface area contributed by atoms with Crippen molar-refractivity contribution in [2.45, 2.75) is 39.0 Å². The predicted octanol–water partition coefficient (Wildman–Crippen LogP) is 5.25. The molecule has 0 aliphatic carbocycles. The maximum atomic E-state index is 13.1. The van der Waals surface area contributed by atoms with Gasteiger partial charge < -0.3 is 20.1 Å². The first kappa shape index (κ1) is 29.1. The van der Waals surface area contributed by atoms with Crippen molar-refractivity contribution >= 4 is 11.8 Å². The van der Waals surface area contributed by atoms with Crippen LogP contribution in [-0.2, 0) is 4.74 Å². The number of carbonyl (C=O) groups is 1. The molecule has 10 heteroatoms. The highest BCUT2D eigenvalue weighted by Crippen LogP contribution is 2.29. The monoisotopic (exact) mass is 529 g/mol. The molecule has 206 valence electrons. The minimum Gasteiger partial charge on any atom is -0.476 e. The van der Waals surface area contributed by atoms with E-state index in [1.165, 1.54) is 12.1 Å². The van der Waals surface area contributed by atoms with Gasteiger partial charge >= 0.3 is 6.03 Å². The zero-order valence-corrected chi connectivity index (χ0v) is 22.3. The minimum atomic E-state index is -0.775. The number of benzene rings is 2. The van der Waals surface area contributed by atoms with Gasteiger partial charge in [-0.3, -0.25) is 5.32 Å². The van der Waals surface area contributed by atoms with Gasteiger partial charge in [0.2, 0.25) is 5.88 Å². The Labute approximate surface area is 222 Å². The van der Waals surface area contributed by atoms with Crippen molar-refractivity contribution in [1.82, 2.24) is 14.7 Å². The molecule has 1 saturated heterocycles. The van der Waals surface area contributed by atoms with Crippen molar-refractivity contribution in [2.24, 2.45) is 5.73 Å². The molecular formula is C28H37F2N5O3.